The molecule has 1 unspecified atom stereocenters. The summed E-state index contributed by atoms with van der Waals surface area (Å²) in [5.41, 5.74) is 2.07. The van der Waals surface area contributed by atoms with Gasteiger partial charge in [-0.1, -0.05) is 23.4 Å². The van der Waals surface area contributed by atoms with E-state index in [1.54, 1.807) is 16.2 Å². The summed E-state index contributed by atoms with van der Waals surface area (Å²) in [4.78, 5) is 19.6. The molecule has 116 valence electrons. The third kappa shape index (κ3) is 2.66. The van der Waals surface area contributed by atoms with E-state index in [0.717, 1.165) is 16.1 Å². The summed E-state index contributed by atoms with van der Waals surface area (Å²) in [6, 6.07) is 11.9. The van der Waals surface area contributed by atoms with E-state index in [4.69, 9.17) is 4.52 Å². The quantitative estimate of drug-likeness (QED) is 0.738. The van der Waals surface area contributed by atoms with Crippen molar-refractivity contribution in [2.45, 2.75) is 19.3 Å². The van der Waals surface area contributed by atoms with E-state index in [1.807, 2.05) is 48.7 Å². The molecule has 3 heterocycles. The van der Waals surface area contributed by atoms with Crippen molar-refractivity contribution in [2.75, 3.05) is 11.4 Å². The van der Waals surface area contributed by atoms with Gasteiger partial charge in [0.05, 0.1) is 4.88 Å². The Morgan fingerprint density at radius 3 is 3.00 bits per heavy atom. The predicted octanol–water partition coefficient (Wildman–Crippen LogP) is 3.63. The number of amides is 1. The van der Waals surface area contributed by atoms with Crippen molar-refractivity contribution >= 4 is 22.9 Å². The van der Waals surface area contributed by atoms with Gasteiger partial charge in [0.15, 0.2) is 5.82 Å². The number of hydrogen-bond donors (Lipinski definition) is 0. The number of carbonyl (C=O) groups excluding carboxylic acids is 1. The van der Waals surface area contributed by atoms with E-state index in [9.17, 15) is 4.79 Å². The lowest BCUT2D eigenvalue weighted by Gasteiger charge is -2.16. The molecule has 0 radical (unpaired) electrons. The molecule has 2 aromatic heterocycles. The van der Waals surface area contributed by atoms with Crippen molar-refractivity contribution in [3.05, 3.63) is 53.2 Å². The van der Waals surface area contributed by atoms with Gasteiger partial charge in [0, 0.05) is 24.6 Å². The van der Waals surface area contributed by atoms with Crippen LogP contribution in [0.4, 0.5) is 5.69 Å². The summed E-state index contributed by atoms with van der Waals surface area (Å²) in [7, 11) is 0. The lowest BCUT2D eigenvalue weighted by atomic mass is 10.1. The number of thiophene rings is 1. The van der Waals surface area contributed by atoms with Crippen molar-refractivity contribution in [1.29, 1.82) is 0 Å². The van der Waals surface area contributed by atoms with Crippen LogP contribution in [-0.2, 0) is 4.79 Å². The maximum absolute atomic E-state index is 12.3. The zero-order chi connectivity index (χ0) is 15.8. The van der Waals surface area contributed by atoms with Crippen LogP contribution >= 0.6 is 11.3 Å². The summed E-state index contributed by atoms with van der Waals surface area (Å²) in [6.45, 7) is 2.61. The smallest absolute Gasteiger partial charge is 0.267 e. The third-order valence-corrected chi connectivity index (χ3v) is 4.84. The normalized spacial score (nSPS) is 17.9. The maximum Gasteiger partial charge on any atom is 0.267 e. The number of carbonyl (C=O) groups is 1. The summed E-state index contributed by atoms with van der Waals surface area (Å²) in [5.74, 6) is 1.21. The lowest BCUT2D eigenvalue weighted by molar-refractivity contribution is -0.117. The first-order valence-corrected chi connectivity index (χ1v) is 8.33. The van der Waals surface area contributed by atoms with E-state index in [0.29, 0.717) is 24.7 Å². The van der Waals surface area contributed by atoms with Gasteiger partial charge in [-0.15, -0.1) is 11.3 Å². The molecule has 1 aliphatic rings. The van der Waals surface area contributed by atoms with Gasteiger partial charge in [0.25, 0.3) is 5.89 Å². The Morgan fingerprint density at radius 2 is 2.22 bits per heavy atom. The van der Waals surface area contributed by atoms with Gasteiger partial charge in [-0.3, -0.25) is 4.79 Å². The molecule has 0 spiro atoms. The molecular formula is C17H15N3O2S. The number of aryl methyl sites for hydroxylation is 1. The minimum Gasteiger partial charge on any atom is -0.333 e. The molecule has 0 N–H and O–H groups in total. The predicted molar refractivity (Wildman–Crippen MR) is 88.5 cm³/mol. The molecule has 1 amide bonds. The van der Waals surface area contributed by atoms with Crippen LogP contribution in [-0.4, -0.2) is 22.6 Å². The molecule has 1 fully saturated rings. The second kappa shape index (κ2) is 5.62. The van der Waals surface area contributed by atoms with Crippen molar-refractivity contribution in [2.24, 2.45) is 0 Å². The fourth-order valence-corrected chi connectivity index (χ4v) is 3.47. The zero-order valence-corrected chi connectivity index (χ0v) is 13.4. The van der Waals surface area contributed by atoms with Crippen molar-refractivity contribution in [1.82, 2.24) is 10.1 Å². The summed E-state index contributed by atoms with van der Waals surface area (Å²) >= 11 is 1.56. The molecule has 1 atom stereocenters. The molecular weight excluding hydrogens is 310 g/mol. The van der Waals surface area contributed by atoms with Crippen LogP contribution < -0.4 is 4.90 Å². The second-order valence-corrected chi connectivity index (χ2v) is 6.63. The molecule has 1 aromatic carbocycles. The highest BCUT2D eigenvalue weighted by Crippen LogP contribution is 2.32. The molecule has 1 saturated heterocycles. The van der Waals surface area contributed by atoms with Crippen molar-refractivity contribution < 1.29 is 9.32 Å². The van der Waals surface area contributed by atoms with Gasteiger partial charge in [-0.05, 0) is 36.1 Å². The third-order valence-electron chi connectivity index (χ3n) is 3.98. The highest BCUT2D eigenvalue weighted by atomic mass is 32.1. The van der Waals surface area contributed by atoms with Crippen molar-refractivity contribution in [3.8, 4) is 10.8 Å². The second-order valence-electron chi connectivity index (χ2n) is 5.68. The van der Waals surface area contributed by atoms with Crippen LogP contribution in [0.15, 0.2) is 46.3 Å². The van der Waals surface area contributed by atoms with E-state index >= 15 is 0 Å². The Balaban J connectivity index is 1.57. The summed E-state index contributed by atoms with van der Waals surface area (Å²) in [6.07, 6.45) is 0.414. The Hall–Kier alpha value is -2.47. The Bertz CT molecular complexity index is 841. The van der Waals surface area contributed by atoms with E-state index in [1.165, 1.54) is 0 Å². The standard InChI is InChI=1S/C17H15N3O2S/c1-11-4-2-5-13(8-11)20-10-12(9-15(20)21)16-18-17(22-19-16)14-6-3-7-23-14/h2-8,12H,9-10H2,1H3. The molecule has 3 aromatic rings. The van der Waals surface area contributed by atoms with Gasteiger partial charge < -0.3 is 9.42 Å². The van der Waals surface area contributed by atoms with Gasteiger partial charge in [0.1, 0.15) is 0 Å². The highest BCUT2D eigenvalue weighted by Gasteiger charge is 2.34. The van der Waals surface area contributed by atoms with E-state index in [-0.39, 0.29) is 11.8 Å². The number of nitrogens with zero attached hydrogens (tertiary/aromatic N) is 3. The number of anilines is 1. The summed E-state index contributed by atoms with van der Waals surface area (Å²) in [5, 5.41) is 6.05. The van der Waals surface area contributed by atoms with Crippen LogP contribution in [0.25, 0.3) is 10.8 Å². The van der Waals surface area contributed by atoms with E-state index < -0.39 is 0 Å². The lowest BCUT2D eigenvalue weighted by Crippen LogP contribution is -2.24. The number of hydrogen-bond acceptors (Lipinski definition) is 5. The number of benzene rings is 1. The number of rotatable bonds is 3. The Labute approximate surface area is 137 Å². The van der Waals surface area contributed by atoms with Gasteiger partial charge >= 0.3 is 0 Å². The van der Waals surface area contributed by atoms with Crippen LogP contribution in [0, 0.1) is 6.92 Å². The van der Waals surface area contributed by atoms with Crippen LogP contribution in [0.1, 0.15) is 23.7 Å². The van der Waals surface area contributed by atoms with Crippen molar-refractivity contribution in [3.63, 3.8) is 0 Å². The first-order chi connectivity index (χ1) is 11.2. The number of aromatic nitrogens is 2. The van der Waals surface area contributed by atoms with Crippen LogP contribution in [0.5, 0.6) is 0 Å². The molecule has 0 saturated carbocycles. The molecule has 5 nitrogen and oxygen atoms in total. The molecule has 1 aliphatic heterocycles. The topological polar surface area (TPSA) is 59.2 Å². The van der Waals surface area contributed by atoms with Gasteiger partial charge in [-0.25, -0.2) is 0 Å². The monoisotopic (exact) mass is 325 g/mol. The molecule has 0 aliphatic carbocycles. The van der Waals surface area contributed by atoms with Crippen LogP contribution in [0.3, 0.4) is 0 Å². The molecule has 4 rings (SSSR count). The fraction of sp³-hybridized carbons (Fsp3) is 0.235. The van der Waals surface area contributed by atoms with Gasteiger partial charge in [-0.2, -0.15) is 4.98 Å². The zero-order valence-electron chi connectivity index (χ0n) is 12.6. The summed E-state index contributed by atoms with van der Waals surface area (Å²) < 4.78 is 5.34. The minimum atomic E-state index is -0.0273. The van der Waals surface area contributed by atoms with E-state index in [2.05, 4.69) is 10.1 Å². The fourth-order valence-electron chi connectivity index (χ4n) is 2.83. The first kappa shape index (κ1) is 14.1. The Kier molecular flexibility index (Phi) is 3.46. The largest absolute Gasteiger partial charge is 0.333 e. The first-order valence-electron chi connectivity index (χ1n) is 7.45. The average Bonchev–Trinajstić information content (AvgIpc) is 3.27. The molecule has 0 bridgehead atoms. The molecule has 6 heteroatoms. The molecule has 23 heavy (non-hydrogen) atoms. The van der Waals surface area contributed by atoms with Crippen LogP contribution in [0.2, 0.25) is 0 Å². The Morgan fingerprint density at radius 1 is 1.30 bits per heavy atom. The SMILES string of the molecule is Cc1cccc(N2CC(c3noc(-c4cccs4)n3)CC2=O)c1. The average molecular weight is 325 g/mol. The maximum atomic E-state index is 12.3. The van der Waals surface area contributed by atoms with Gasteiger partial charge in [0.2, 0.25) is 5.91 Å². The highest BCUT2D eigenvalue weighted by molar-refractivity contribution is 7.13. The minimum absolute atomic E-state index is 0.0273.